The first-order valence-corrected chi connectivity index (χ1v) is 9.08. The summed E-state index contributed by atoms with van der Waals surface area (Å²) < 4.78 is 0. The molecule has 1 atom stereocenters. The first-order valence-electron chi connectivity index (χ1n) is 9.08. The van der Waals surface area contributed by atoms with E-state index in [1.165, 1.54) is 53.5 Å². The van der Waals surface area contributed by atoms with Crippen molar-refractivity contribution in [2.75, 3.05) is 0 Å². The number of fused-ring (bicyclic) bond motifs is 1. The number of amides is 1. The third-order valence-corrected chi connectivity index (χ3v) is 5.01. The Morgan fingerprint density at radius 2 is 1.75 bits per heavy atom. The van der Waals surface area contributed by atoms with Crippen LogP contribution in [-0.4, -0.2) is 5.91 Å². The highest BCUT2D eigenvalue weighted by Crippen LogP contribution is 2.24. The summed E-state index contributed by atoms with van der Waals surface area (Å²) in [4.78, 5) is 12.2. The molecule has 0 spiro atoms. The lowest BCUT2D eigenvalue weighted by Gasteiger charge is -2.20. The van der Waals surface area contributed by atoms with E-state index in [4.69, 9.17) is 0 Å². The van der Waals surface area contributed by atoms with Crippen LogP contribution in [0.25, 0.3) is 0 Å². The summed E-state index contributed by atoms with van der Waals surface area (Å²) in [7, 11) is 0. The van der Waals surface area contributed by atoms with Gasteiger partial charge < -0.3 is 5.32 Å². The number of rotatable bonds is 5. The Morgan fingerprint density at radius 1 is 1.04 bits per heavy atom. The van der Waals surface area contributed by atoms with Gasteiger partial charge in [0.05, 0.1) is 6.04 Å². The zero-order valence-corrected chi connectivity index (χ0v) is 14.8. The van der Waals surface area contributed by atoms with Crippen LogP contribution in [0.5, 0.6) is 0 Å². The van der Waals surface area contributed by atoms with Crippen LogP contribution in [0.3, 0.4) is 0 Å². The summed E-state index contributed by atoms with van der Waals surface area (Å²) >= 11 is 0. The molecule has 0 radical (unpaired) electrons. The highest BCUT2D eigenvalue weighted by Gasteiger charge is 2.14. The van der Waals surface area contributed by atoms with Crippen molar-refractivity contribution in [1.82, 2.24) is 5.32 Å². The fourth-order valence-corrected chi connectivity index (χ4v) is 3.43. The monoisotopic (exact) mass is 321 g/mol. The molecule has 0 fully saturated rings. The molecule has 3 rings (SSSR count). The van der Waals surface area contributed by atoms with Crippen molar-refractivity contribution in [2.24, 2.45) is 0 Å². The normalized spacial score (nSPS) is 14.8. The molecule has 2 nitrogen and oxygen atoms in total. The minimum Gasteiger partial charge on any atom is -0.350 e. The van der Waals surface area contributed by atoms with Crippen molar-refractivity contribution in [3.8, 4) is 0 Å². The SMILES string of the molecule is Cc1ccc(CCC(=O)NC(C)c2ccc3c(c2)CCCC3)cc1. The van der Waals surface area contributed by atoms with Crippen LogP contribution in [0.2, 0.25) is 0 Å². The number of carbonyl (C=O) groups excluding carboxylic acids is 1. The predicted octanol–water partition coefficient (Wildman–Crippen LogP) is 4.68. The Balaban J connectivity index is 1.55. The summed E-state index contributed by atoms with van der Waals surface area (Å²) in [6.45, 7) is 4.16. The Kier molecular flexibility index (Phi) is 5.34. The average Bonchev–Trinajstić information content (AvgIpc) is 2.61. The van der Waals surface area contributed by atoms with Crippen LogP contribution < -0.4 is 5.32 Å². The van der Waals surface area contributed by atoms with Crippen molar-refractivity contribution in [2.45, 2.75) is 58.4 Å². The van der Waals surface area contributed by atoms with Crippen molar-refractivity contribution in [1.29, 1.82) is 0 Å². The van der Waals surface area contributed by atoms with Gasteiger partial charge in [-0.25, -0.2) is 0 Å². The number of carbonyl (C=O) groups is 1. The summed E-state index contributed by atoms with van der Waals surface area (Å²) in [5, 5.41) is 3.15. The van der Waals surface area contributed by atoms with Gasteiger partial charge in [-0.15, -0.1) is 0 Å². The van der Waals surface area contributed by atoms with Crippen molar-refractivity contribution >= 4 is 5.91 Å². The van der Waals surface area contributed by atoms with Gasteiger partial charge in [-0.05, 0) is 68.2 Å². The Hall–Kier alpha value is -2.09. The van der Waals surface area contributed by atoms with Gasteiger partial charge in [-0.2, -0.15) is 0 Å². The molecule has 2 heteroatoms. The maximum absolute atomic E-state index is 12.2. The lowest BCUT2D eigenvalue weighted by atomic mass is 9.89. The third-order valence-electron chi connectivity index (χ3n) is 5.01. The van der Waals surface area contributed by atoms with E-state index in [-0.39, 0.29) is 11.9 Å². The fraction of sp³-hybridized carbons (Fsp3) is 0.409. The molecular weight excluding hydrogens is 294 g/mol. The molecule has 1 aliphatic rings. The summed E-state index contributed by atoms with van der Waals surface area (Å²) in [6, 6.07) is 15.2. The molecule has 1 unspecified atom stereocenters. The van der Waals surface area contributed by atoms with Gasteiger partial charge in [0.25, 0.3) is 0 Å². The number of aryl methyl sites for hydroxylation is 4. The predicted molar refractivity (Wildman–Crippen MR) is 99.1 cm³/mol. The molecule has 0 heterocycles. The van der Waals surface area contributed by atoms with Crippen LogP contribution in [0.1, 0.15) is 60.0 Å². The maximum atomic E-state index is 12.2. The molecule has 1 amide bonds. The molecule has 2 aromatic rings. The Morgan fingerprint density at radius 3 is 2.50 bits per heavy atom. The van der Waals surface area contributed by atoms with Crippen LogP contribution in [0, 0.1) is 6.92 Å². The Labute approximate surface area is 145 Å². The molecule has 126 valence electrons. The van der Waals surface area contributed by atoms with Crippen LogP contribution >= 0.6 is 0 Å². The highest BCUT2D eigenvalue weighted by molar-refractivity contribution is 5.76. The molecule has 1 aliphatic carbocycles. The van der Waals surface area contributed by atoms with E-state index in [9.17, 15) is 4.79 Å². The molecule has 1 N–H and O–H groups in total. The van der Waals surface area contributed by atoms with E-state index >= 15 is 0 Å². The van der Waals surface area contributed by atoms with Gasteiger partial charge >= 0.3 is 0 Å². The average molecular weight is 321 g/mol. The van der Waals surface area contributed by atoms with E-state index in [0.29, 0.717) is 6.42 Å². The van der Waals surface area contributed by atoms with Crippen molar-refractivity contribution in [3.05, 3.63) is 70.3 Å². The van der Waals surface area contributed by atoms with E-state index < -0.39 is 0 Å². The molecule has 24 heavy (non-hydrogen) atoms. The van der Waals surface area contributed by atoms with E-state index in [2.05, 4.69) is 61.6 Å². The van der Waals surface area contributed by atoms with Gasteiger partial charge in [0.2, 0.25) is 5.91 Å². The molecule has 2 aromatic carbocycles. The van der Waals surface area contributed by atoms with Gasteiger partial charge in [0.15, 0.2) is 0 Å². The largest absolute Gasteiger partial charge is 0.350 e. The van der Waals surface area contributed by atoms with Gasteiger partial charge in [0.1, 0.15) is 0 Å². The van der Waals surface area contributed by atoms with E-state index in [1.54, 1.807) is 0 Å². The van der Waals surface area contributed by atoms with Crippen molar-refractivity contribution < 1.29 is 4.79 Å². The minimum atomic E-state index is 0.0720. The molecule has 0 aromatic heterocycles. The van der Waals surface area contributed by atoms with Gasteiger partial charge in [-0.3, -0.25) is 4.79 Å². The van der Waals surface area contributed by atoms with Crippen LogP contribution in [0.15, 0.2) is 42.5 Å². The lowest BCUT2D eigenvalue weighted by molar-refractivity contribution is -0.121. The second-order valence-electron chi connectivity index (χ2n) is 7.01. The second kappa shape index (κ2) is 7.65. The number of hydrogen-bond acceptors (Lipinski definition) is 1. The quantitative estimate of drug-likeness (QED) is 0.851. The number of benzene rings is 2. The second-order valence-corrected chi connectivity index (χ2v) is 7.01. The first-order chi connectivity index (χ1) is 11.6. The molecule has 0 aliphatic heterocycles. The van der Waals surface area contributed by atoms with Crippen molar-refractivity contribution in [3.63, 3.8) is 0 Å². The van der Waals surface area contributed by atoms with E-state index in [1.807, 2.05) is 0 Å². The summed E-state index contributed by atoms with van der Waals surface area (Å²) in [5.74, 6) is 0.126. The topological polar surface area (TPSA) is 29.1 Å². The standard InChI is InChI=1S/C22H27NO/c1-16-7-9-18(10-8-16)11-14-22(24)23-17(2)20-13-12-19-5-3-4-6-21(19)15-20/h7-10,12-13,15,17H,3-6,11,14H2,1-2H3,(H,23,24). The molecule has 0 bridgehead atoms. The van der Waals surface area contributed by atoms with Gasteiger partial charge in [-0.1, -0.05) is 48.0 Å². The first kappa shape index (κ1) is 16.8. The summed E-state index contributed by atoms with van der Waals surface area (Å²) in [6.07, 6.45) is 6.30. The smallest absolute Gasteiger partial charge is 0.220 e. The summed E-state index contributed by atoms with van der Waals surface area (Å²) in [5.41, 5.74) is 6.66. The maximum Gasteiger partial charge on any atom is 0.220 e. The molecule has 0 saturated carbocycles. The zero-order valence-electron chi connectivity index (χ0n) is 14.8. The zero-order chi connectivity index (χ0) is 16.9. The van der Waals surface area contributed by atoms with Crippen LogP contribution in [-0.2, 0) is 24.1 Å². The van der Waals surface area contributed by atoms with E-state index in [0.717, 1.165) is 6.42 Å². The number of hydrogen-bond donors (Lipinski definition) is 1. The fourth-order valence-electron chi connectivity index (χ4n) is 3.43. The highest BCUT2D eigenvalue weighted by atomic mass is 16.1. The lowest BCUT2D eigenvalue weighted by Crippen LogP contribution is -2.27. The minimum absolute atomic E-state index is 0.0720. The molecular formula is C22H27NO. The van der Waals surface area contributed by atoms with Gasteiger partial charge in [0, 0.05) is 6.42 Å². The Bertz CT molecular complexity index is 702. The molecule has 0 saturated heterocycles. The third kappa shape index (κ3) is 4.25. The number of nitrogens with one attached hydrogen (secondary N) is 1. The van der Waals surface area contributed by atoms with Crippen LogP contribution in [0.4, 0.5) is 0 Å².